The molecule has 0 unspecified atom stereocenters. The molecule has 1 amide bonds. The number of amides is 1. The molecule has 11 heteroatoms. The molecule has 0 radical (unpaired) electrons. The van der Waals surface area contributed by atoms with E-state index in [4.69, 9.17) is 14.9 Å². The van der Waals surface area contributed by atoms with Gasteiger partial charge in [0.15, 0.2) is 17.1 Å². The molecule has 1 fully saturated rings. The molecule has 0 atom stereocenters. The lowest BCUT2D eigenvalue weighted by atomic mass is 9.97. The maximum Gasteiger partial charge on any atom is 0.298 e. The van der Waals surface area contributed by atoms with E-state index in [2.05, 4.69) is 37.5 Å². The highest BCUT2D eigenvalue weighted by Gasteiger charge is 2.33. The standard InChI is InChI=1S/C24H24N8O3/c1-31-13-17(9-27-31)28-23-21(22(25)33)29-19(10-26-23)16-11-32(12-16)24-30-18-3-2-15(8-20(18)35-24)14-4-6-34-7-5-14/h2-4,8-10,13,16H,5-7,11-12H2,1H3,(H2,25,33)(H,26,28). The second kappa shape index (κ2) is 8.51. The van der Waals surface area contributed by atoms with Crippen molar-refractivity contribution >= 4 is 40.1 Å². The number of nitrogens with two attached hydrogens (primary N) is 1. The van der Waals surface area contributed by atoms with Gasteiger partial charge in [0, 0.05) is 32.3 Å². The Morgan fingerprint density at radius 1 is 1.23 bits per heavy atom. The number of benzene rings is 1. The van der Waals surface area contributed by atoms with Crippen LogP contribution in [0.1, 0.15) is 34.1 Å². The first-order valence-corrected chi connectivity index (χ1v) is 11.4. The number of hydrogen-bond acceptors (Lipinski definition) is 9. The Hall–Kier alpha value is -4.25. The zero-order valence-electron chi connectivity index (χ0n) is 19.1. The molecule has 35 heavy (non-hydrogen) atoms. The maximum absolute atomic E-state index is 12.0. The van der Waals surface area contributed by atoms with Crippen molar-refractivity contribution in [3.05, 3.63) is 59.8 Å². The number of aromatic nitrogens is 5. The first kappa shape index (κ1) is 21.3. The molecule has 4 aromatic rings. The molecule has 5 heterocycles. The third-order valence-electron chi connectivity index (χ3n) is 6.27. The number of anilines is 3. The van der Waals surface area contributed by atoms with Crippen molar-refractivity contribution in [1.82, 2.24) is 24.7 Å². The lowest BCUT2D eigenvalue weighted by molar-refractivity contribution is 0.0995. The third-order valence-corrected chi connectivity index (χ3v) is 6.27. The fourth-order valence-electron chi connectivity index (χ4n) is 4.34. The Balaban J connectivity index is 1.17. The molecule has 3 N–H and O–H groups in total. The molecule has 2 aliphatic rings. The number of ether oxygens (including phenoxy) is 1. The van der Waals surface area contributed by atoms with Gasteiger partial charge in [-0.2, -0.15) is 10.1 Å². The summed E-state index contributed by atoms with van der Waals surface area (Å²) in [6.07, 6.45) is 8.08. The van der Waals surface area contributed by atoms with E-state index in [1.54, 1.807) is 30.3 Å². The summed E-state index contributed by atoms with van der Waals surface area (Å²) >= 11 is 0. The molecule has 178 valence electrons. The Morgan fingerprint density at radius 2 is 2.11 bits per heavy atom. The number of primary amides is 1. The summed E-state index contributed by atoms with van der Waals surface area (Å²) in [5.74, 6) is -0.248. The van der Waals surface area contributed by atoms with Gasteiger partial charge in [-0.1, -0.05) is 12.1 Å². The first-order valence-electron chi connectivity index (χ1n) is 11.4. The average molecular weight is 473 g/mol. The van der Waals surface area contributed by atoms with Gasteiger partial charge >= 0.3 is 0 Å². The van der Waals surface area contributed by atoms with Crippen LogP contribution in [0.15, 0.2) is 47.3 Å². The highest BCUT2D eigenvalue weighted by molar-refractivity contribution is 5.96. The Bertz CT molecular complexity index is 1450. The van der Waals surface area contributed by atoms with E-state index in [9.17, 15) is 4.79 Å². The molecule has 2 aliphatic heterocycles. The second-order valence-electron chi connectivity index (χ2n) is 8.72. The predicted molar refractivity (Wildman–Crippen MR) is 129 cm³/mol. The van der Waals surface area contributed by atoms with E-state index in [0.717, 1.165) is 29.7 Å². The summed E-state index contributed by atoms with van der Waals surface area (Å²) in [7, 11) is 1.80. The van der Waals surface area contributed by atoms with E-state index in [0.29, 0.717) is 42.9 Å². The SMILES string of the molecule is Cn1cc(Nc2ncc(C3CN(c4nc5ccc(C6=CCOCC6)cc5o4)C3)nc2C(N)=O)cn1. The smallest absolute Gasteiger partial charge is 0.298 e. The van der Waals surface area contributed by atoms with Gasteiger partial charge in [0.25, 0.3) is 11.9 Å². The van der Waals surface area contributed by atoms with Crippen molar-refractivity contribution in [2.75, 3.05) is 36.5 Å². The molecule has 1 saturated heterocycles. The zero-order valence-corrected chi connectivity index (χ0v) is 19.1. The normalized spacial score (nSPS) is 16.3. The van der Waals surface area contributed by atoms with Gasteiger partial charge in [-0.05, 0) is 29.7 Å². The Kier molecular flexibility index (Phi) is 5.18. The second-order valence-corrected chi connectivity index (χ2v) is 8.72. The van der Waals surface area contributed by atoms with Crippen LogP contribution in [0, 0.1) is 0 Å². The fraction of sp³-hybridized carbons (Fsp3) is 0.292. The van der Waals surface area contributed by atoms with E-state index in [1.807, 2.05) is 17.0 Å². The number of carbonyl (C=O) groups is 1. The molecule has 0 spiro atoms. The molecular formula is C24H24N8O3. The van der Waals surface area contributed by atoms with E-state index >= 15 is 0 Å². The Morgan fingerprint density at radius 3 is 2.86 bits per heavy atom. The lowest BCUT2D eigenvalue weighted by Crippen LogP contribution is -2.45. The monoisotopic (exact) mass is 472 g/mol. The Labute approximate surface area is 200 Å². The summed E-state index contributed by atoms with van der Waals surface area (Å²) in [5.41, 5.74) is 11.1. The number of nitrogens with one attached hydrogen (secondary N) is 1. The topological polar surface area (TPSA) is 137 Å². The van der Waals surface area contributed by atoms with Crippen molar-refractivity contribution in [1.29, 1.82) is 0 Å². The molecule has 0 aliphatic carbocycles. The molecule has 0 saturated carbocycles. The van der Waals surface area contributed by atoms with Gasteiger partial charge < -0.3 is 25.1 Å². The van der Waals surface area contributed by atoms with E-state index in [-0.39, 0.29) is 11.6 Å². The first-order chi connectivity index (χ1) is 17.0. The van der Waals surface area contributed by atoms with Crippen LogP contribution in [0.4, 0.5) is 17.5 Å². The third kappa shape index (κ3) is 4.10. The number of fused-ring (bicyclic) bond motifs is 1. The van der Waals surface area contributed by atoms with Gasteiger partial charge in [-0.3, -0.25) is 9.48 Å². The van der Waals surface area contributed by atoms with Crippen LogP contribution in [0.25, 0.3) is 16.7 Å². The van der Waals surface area contributed by atoms with Crippen LogP contribution in [-0.2, 0) is 11.8 Å². The van der Waals surface area contributed by atoms with Crippen LogP contribution in [-0.4, -0.2) is 56.9 Å². The van der Waals surface area contributed by atoms with Crippen molar-refractivity contribution in [2.24, 2.45) is 12.8 Å². The van der Waals surface area contributed by atoms with Gasteiger partial charge in [0.2, 0.25) is 0 Å². The molecule has 3 aromatic heterocycles. The number of nitrogens with zero attached hydrogens (tertiary/aromatic N) is 6. The maximum atomic E-state index is 12.0. The lowest BCUT2D eigenvalue weighted by Gasteiger charge is -2.37. The largest absolute Gasteiger partial charge is 0.423 e. The van der Waals surface area contributed by atoms with Crippen molar-refractivity contribution in [3.63, 3.8) is 0 Å². The minimum atomic E-state index is -0.642. The van der Waals surface area contributed by atoms with Crippen LogP contribution in [0.2, 0.25) is 0 Å². The number of hydrogen-bond donors (Lipinski definition) is 2. The van der Waals surface area contributed by atoms with Crippen LogP contribution >= 0.6 is 0 Å². The summed E-state index contributed by atoms with van der Waals surface area (Å²) in [6.45, 7) is 2.70. The minimum absolute atomic E-state index is 0.0889. The fourth-order valence-corrected chi connectivity index (χ4v) is 4.34. The molecular weight excluding hydrogens is 448 g/mol. The minimum Gasteiger partial charge on any atom is -0.423 e. The average Bonchev–Trinajstić information content (AvgIpc) is 3.44. The number of oxazole rings is 1. The van der Waals surface area contributed by atoms with Gasteiger partial charge in [-0.25, -0.2) is 9.97 Å². The number of rotatable bonds is 6. The van der Waals surface area contributed by atoms with Crippen molar-refractivity contribution < 1.29 is 13.9 Å². The zero-order chi connectivity index (χ0) is 23.9. The quantitative estimate of drug-likeness (QED) is 0.434. The van der Waals surface area contributed by atoms with Gasteiger partial charge in [-0.15, -0.1) is 0 Å². The summed E-state index contributed by atoms with van der Waals surface area (Å²) in [5, 5.41) is 7.15. The summed E-state index contributed by atoms with van der Waals surface area (Å²) in [6, 6.07) is 6.68. The molecule has 11 nitrogen and oxygen atoms in total. The molecule has 0 bridgehead atoms. The summed E-state index contributed by atoms with van der Waals surface area (Å²) < 4.78 is 13.1. The predicted octanol–water partition coefficient (Wildman–Crippen LogP) is 2.60. The molecule has 6 rings (SSSR count). The van der Waals surface area contributed by atoms with Crippen LogP contribution in [0.3, 0.4) is 0 Å². The number of carbonyl (C=O) groups excluding carboxylic acids is 1. The van der Waals surface area contributed by atoms with Crippen LogP contribution < -0.4 is 16.0 Å². The van der Waals surface area contributed by atoms with E-state index < -0.39 is 5.91 Å². The van der Waals surface area contributed by atoms with Crippen molar-refractivity contribution in [2.45, 2.75) is 12.3 Å². The van der Waals surface area contributed by atoms with Crippen molar-refractivity contribution in [3.8, 4) is 0 Å². The number of aryl methyl sites for hydroxylation is 1. The highest BCUT2D eigenvalue weighted by Crippen LogP contribution is 2.34. The van der Waals surface area contributed by atoms with Crippen LogP contribution in [0.5, 0.6) is 0 Å². The van der Waals surface area contributed by atoms with Gasteiger partial charge in [0.1, 0.15) is 5.52 Å². The van der Waals surface area contributed by atoms with Gasteiger partial charge in [0.05, 0.1) is 37.0 Å². The molecule has 1 aromatic carbocycles. The van der Waals surface area contributed by atoms with E-state index in [1.165, 1.54) is 5.57 Å². The highest BCUT2D eigenvalue weighted by atomic mass is 16.5. The summed E-state index contributed by atoms with van der Waals surface area (Å²) in [4.78, 5) is 27.7.